The minimum absolute atomic E-state index is 0.0500. The molecule has 0 amide bonds. The van der Waals surface area contributed by atoms with Crippen molar-refractivity contribution in [1.29, 1.82) is 0 Å². The minimum Gasteiger partial charge on any atom is -0.492 e. The first-order valence-electron chi connectivity index (χ1n) is 15.1. The molecule has 0 fully saturated rings. The highest BCUT2D eigenvalue weighted by atomic mass is 16.5. The van der Waals surface area contributed by atoms with Crippen LogP contribution in [0.1, 0.15) is 58.5 Å². The molecule has 3 aromatic carbocycles. The lowest BCUT2D eigenvalue weighted by Crippen LogP contribution is -2.14. The van der Waals surface area contributed by atoms with Crippen LogP contribution in [-0.4, -0.2) is 19.6 Å². The number of hydrogen-bond acceptors (Lipinski definition) is 8. The molecule has 0 saturated carbocycles. The van der Waals surface area contributed by atoms with E-state index in [-0.39, 0.29) is 18.2 Å². The molecule has 3 heterocycles. The highest BCUT2D eigenvalue weighted by molar-refractivity contribution is 5.66. The van der Waals surface area contributed by atoms with E-state index >= 15 is 0 Å². The van der Waals surface area contributed by atoms with Gasteiger partial charge in [0.05, 0.1) is 12.2 Å². The molecular weight excluding hydrogens is 582 g/mol. The summed E-state index contributed by atoms with van der Waals surface area (Å²) in [5.74, 6) is 1.14. The van der Waals surface area contributed by atoms with Gasteiger partial charge in [-0.05, 0) is 60.2 Å². The normalized spacial score (nSPS) is 11.6. The molecule has 9 nitrogen and oxygen atoms in total. The van der Waals surface area contributed by atoms with E-state index in [4.69, 9.17) is 18.0 Å². The fourth-order valence-electron chi connectivity index (χ4n) is 4.83. The number of unbranched alkanes of at least 4 members (excludes halogenated alkanes) is 1. The third kappa shape index (κ3) is 8.21. The standard InChI is InChI=1S/C37H33N3O6/c41-36-33(46-37(42)40(36)23-30-24-44-34(38-30)21-17-27-9-3-1-4-10-27)14-8-7-13-29-15-19-32(20-16-29)43-25-31-26-45-35(39-31)22-18-28-11-5-2-6-12-28/h1-6,9-12,15-22,24,26,41H,7-8,13-14,23,25H2. The van der Waals surface area contributed by atoms with E-state index in [1.54, 1.807) is 12.3 Å². The SMILES string of the molecule is O=c1oc(CCCCc2ccc(OCc3coc(C=Cc4ccccc4)n3)cc2)c(O)n1Cc1coc(C=Cc2ccccc2)n1. The van der Waals surface area contributed by atoms with Crippen molar-refractivity contribution in [3.05, 3.63) is 154 Å². The maximum absolute atomic E-state index is 12.4. The molecule has 0 aliphatic carbocycles. The van der Waals surface area contributed by atoms with Gasteiger partial charge in [-0.15, -0.1) is 0 Å². The molecule has 1 N–H and O–H groups in total. The van der Waals surface area contributed by atoms with Crippen molar-refractivity contribution in [3.8, 4) is 11.6 Å². The van der Waals surface area contributed by atoms with Crippen molar-refractivity contribution in [2.75, 3.05) is 0 Å². The van der Waals surface area contributed by atoms with Gasteiger partial charge >= 0.3 is 5.76 Å². The summed E-state index contributed by atoms with van der Waals surface area (Å²) in [5, 5.41) is 10.7. The van der Waals surface area contributed by atoms with Crippen LogP contribution in [0, 0.1) is 0 Å². The van der Waals surface area contributed by atoms with E-state index in [1.807, 2.05) is 103 Å². The van der Waals surface area contributed by atoms with Crippen molar-refractivity contribution in [3.63, 3.8) is 0 Å². The molecule has 0 saturated heterocycles. The molecule has 0 bridgehead atoms. The van der Waals surface area contributed by atoms with Gasteiger partial charge in [0.15, 0.2) is 5.76 Å². The van der Waals surface area contributed by atoms with E-state index < -0.39 is 5.76 Å². The topological polar surface area (TPSA) is 117 Å². The smallest absolute Gasteiger partial charge is 0.422 e. The molecule has 0 spiro atoms. The molecule has 0 radical (unpaired) electrons. The largest absolute Gasteiger partial charge is 0.492 e. The molecule has 3 aromatic heterocycles. The second-order valence-corrected chi connectivity index (χ2v) is 10.7. The molecule has 6 aromatic rings. The predicted octanol–water partition coefficient (Wildman–Crippen LogP) is 7.66. The van der Waals surface area contributed by atoms with Crippen molar-refractivity contribution < 1.29 is 23.1 Å². The lowest BCUT2D eigenvalue weighted by atomic mass is 10.1. The Labute approximate surface area is 265 Å². The number of aromatic nitrogens is 3. The van der Waals surface area contributed by atoms with Crippen LogP contribution < -0.4 is 10.5 Å². The average molecular weight is 616 g/mol. The lowest BCUT2D eigenvalue weighted by Gasteiger charge is -2.06. The van der Waals surface area contributed by atoms with Crippen LogP contribution in [0.3, 0.4) is 0 Å². The van der Waals surface area contributed by atoms with E-state index in [0.29, 0.717) is 36.2 Å². The zero-order valence-corrected chi connectivity index (χ0v) is 25.1. The first kappa shape index (κ1) is 30.2. The van der Waals surface area contributed by atoms with Crippen LogP contribution in [-0.2, 0) is 26.0 Å². The molecule has 232 valence electrons. The van der Waals surface area contributed by atoms with Crippen molar-refractivity contribution >= 4 is 24.3 Å². The van der Waals surface area contributed by atoms with Gasteiger partial charge in [-0.3, -0.25) is 0 Å². The zero-order chi connectivity index (χ0) is 31.6. The first-order chi connectivity index (χ1) is 22.6. The number of benzene rings is 3. The van der Waals surface area contributed by atoms with E-state index in [1.165, 1.54) is 6.26 Å². The number of aryl methyl sites for hydroxylation is 2. The molecular formula is C37H33N3O6. The summed E-state index contributed by atoms with van der Waals surface area (Å²) in [6.07, 6.45) is 13.4. The summed E-state index contributed by atoms with van der Waals surface area (Å²) in [5.41, 5.74) is 4.47. The zero-order valence-electron chi connectivity index (χ0n) is 25.1. The number of hydrogen-bond donors (Lipinski definition) is 1. The summed E-state index contributed by atoms with van der Waals surface area (Å²) < 4.78 is 23.4. The monoisotopic (exact) mass is 615 g/mol. The number of rotatable bonds is 14. The van der Waals surface area contributed by atoms with Crippen molar-refractivity contribution in [2.45, 2.75) is 38.8 Å². The van der Waals surface area contributed by atoms with Gasteiger partial charge in [-0.25, -0.2) is 19.3 Å². The van der Waals surface area contributed by atoms with Crippen LogP contribution in [0.25, 0.3) is 24.3 Å². The number of aromatic hydroxyl groups is 1. The summed E-state index contributed by atoms with van der Waals surface area (Å²) in [6, 6.07) is 27.7. The Morgan fingerprint density at radius 3 is 1.96 bits per heavy atom. The Morgan fingerprint density at radius 1 is 0.717 bits per heavy atom. The van der Waals surface area contributed by atoms with Gasteiger partial charge < -0.3 is 23.1 Å². The molecule has 0 unspecified atom stereocenters. The molecule has 0 aliphatic rings. The van der Waals surface area contributed by atoms with Gasteiger partial charge in [0.25, 0.3) is 0 Å². The van der Waals surface area contributed by atoms with E-state index in [9.17, 15) is 9.90 Å². The van der Waals surface area contributed by atoms with Crippen LogP contribution in [0.4, 0.5) is 0 Å². The fraction of sp³-hybridized carbons (Fsp3) is 0.162. The third-order valence-electron chi connectivity index (χ3n) is 7.26. The van der Waals surface area contributed by atoms with Crippen LogP contribution in [0.5, 0.6) is 11.6 Å². The highest BCUT2D eigenvalue weighted by Gasteiger charge is 2.17. The maximum atomic E-state index is 12.4. The second-order valence-electron chi connectivity index (χ2n) is 10.7. The quantitative estimate of drug-likeness (QED) is 0.124. The fourth-order valence-corrected chi connectivity index (χ4v) is 4.83. The van der Waals surface area contributed by atoms with Gasteiger partial charge in [0, 0.05) is 18.6 Å². The molecule has 9 heteroatoms. The summed E-state index contributed by atoms with van der Waals surface area (Å²) in [6.45, 7) is 0.355. The van der Waals surface area contributed by atoms with Crippen molar-refractivity contribution in [1.82, 2.24) is 14.5 Å². The van der Waals surface area contributed by atoms with Crippen LogP contribution >= 0.6 is 0 Å². The summed E-state index contributed by atoms with van der Waals surface area (Å²) in [7, 11) is 0. The molecule has 0 aliphatic heterocycles. The average Bonchev–Trinajstić information content (AvgIpc) is 3.82. The maximum Gasteiger partial charge on any atom is 0.422 e. The van der Waals surface area contributed by atoms with Gasteiger partial charge in [0.2, 0.25) is 17.7 Å². The summed E-state index contributed by atoms with van der Waals surface area (Å²) in [4.78, 5) is 21.3. The number of nitrogens with zero attached hydrogens (tertiary/aromatic N) is 3. The Hall–Kier alpha value is -5.83. The van der Waals surface area contributed by atoms with E-state index in [2.05, 4.69) is 9.97 Å². The van der Waals surface area contributed by atoms with Gasteiger partial charge in [0.1, 0.15) is 30.6 Å². The number of ether oxygens (including phenoxy) is 1. The Kier molecular flexibility index (Phi) is 9.70. The second kappa shape index (κ2) is 14.8. The van der Waals surface area contributed by atoms with Crippen LogP contribution in [0.15, 0.2) is 116 Å². The number of oxazole rings is 3. The Balaban J connectivity index is 0.934. The Bertz CT molecular complexity index is 1950. The first-order valence-corrected chi connectivity index (χ1v) is 15.1. The molecule has 6 rings (SSSR count). The van der Waals surface area contributed by atoms with Gasteiger partial charge in [-0.1, -0.05) is 72.8 Å². The lowest BCUT2D eigenvalue weighted by molar-refractivity contribution is 0.301. The summed E-state index contributed by atoms with van der Waals surface area (Å²) >= 11 is 0. The predicted molar refractivity (Wildman–Crippen MR) is 175 cm³/mol. The molecule has 0 atom stereocenters. The van der Waals surface area contributed by atoms with Crippen LogP contribution in [0.2, 0.25) is 0 Å². The minimum atomic E-state index is -0.627. The Morgan fingerprint density at radius 2 is 1.30 bits per heavy atom. The third-order valence-corrected chi connectivity index (χ3v) is 7.26. The van der Waals surface area contributed by atoms with Gasteiger partial charge in [-0.2, -0.15) is 0 Å². The van der Waals surface area contributed by atoms with Crippen molar-refractivity contribution in [2.24, 2.45) is 0 Å². The molecule has 46 heavy (non-hydrogen) atoms. The van der Waals surface area contributed by atoms with E-state index in [0.717, 1.165) is 46.3 Å². The highest BCUT2D eigenvalue weighted by Crippen LogP contribution is 2.21.